The number of aliphatic hydroxyl groups is 2. The number of anilines is 1. The quantitative estimate of drug-likeness (QED) is 0.153. The third-order valence-corrected chi connectivity index (χ3v) is 7.21. The molecule has 4 rings (SSSR count). The molecule has 0 radical (unpaired) electrons. The van der Waals surface area contributed by atoms with Gasteiger partial charge >= 0.3 is 43.7 Å². The van der Waals surface area contributed by atoms with Gasteiger partial charge in [-0.3, -0.25) is 9.59 Å². The minimum atomic E-state index is -1.18. The van der Waals surface area contributed by atoms with Crippen molar-refractivity contribution in [3.63, 3.8) is 0 Å². The van der Waals surface area contributed by atoms with E-state index in [1.165, 1.54) is 12.1 Å². The van der Waals surface area contributed by atoms with Gasteiger partial charge in [0.05, 0.1) is 29.9 Å². The number of carbonyl (C=O) groups excluding carboxylic acids is 1. The third kappa shape index (κ3) is 8.77. The monoisotopic (exact) mass is 614 g/mol. The summed E-state index contributed by atoms with van der Waals surface area (Å²) in [7, 11) is 0. The van der Waals surface area contributed by atoms with Crippen molar-refractivity contribution in [2.75, 3.05) is 5.32 Å². The zero-order valence-corrected chi connectivity index (χ0v) is 24.0. The first-order valence-corrected chi connectivity index (χ1v) is 14.1. The second-order valence-electron chi connectivity index (χ2n) is 10.9. The standard InChI is InChI=1S/C34H37FN2O5.Ca.2H/c1-21(2)32-31(34(42)36-26-7-5-4-6-8-26)30(23-11-9-22(3)10-12-23)33(24-13-15-25(35)16-14-24)37(32)18-17-27(38)19-28(39)20-29(40)41;;;/h4-16,21,27-28,38-39H,17-20H2,1-3H3,(H,36,42)(H,40,41);;;/t27-,28-;;;/m1.../s1. The van der Waals surface area contributed by atoms with Gasteiger partial charge < -0.3 is 25.2 Å². The van der Waals surface area contributed by atoms with Crippen molar-refractivity contribution in [1.29, 1.82) is 0 Å². The summed E-state index contributed by atoms with van der Waals surface area (Å²) in [5, 5.41) is 32.9. The Kier molecular flexibility index (Phi) is 12.5. The summed E-state index contributed by atoms with van der Waals surface area (Å²) >= 11 is 0. The first-order valence-electron chi connectivity index (χ1n) is 14.1. The second kappa shape index (κ2) is 15.6. The van der Waals surface area contributed by atoms with Gasteiger partial charge in [0.1, 0.15) is 5.82 Å². The Morgan fingerprint density at radius 3 is 2.07 bits per heavy atom. The van der Waals surface area contributed by atoms with Crippen LogP contribution in [-0.4, -0.2) is 81.7 Å². The van der Waals surface area contributed by atoms with Gasteiger partial charge in [0.2, 0.25) is 0 Å². The molecule has 1 amide bonds. The van der Waals surface area contributed by atoms with Crippen molar-refractivity contribution < 1.29 is 29.3 Å². The van der Waals surface area contributed by atoms with E-state index in [0.29, 0.717) is 28.1 Å². The van der Waals surface area contributed by atoms with Crippen molar-refractivity contribution in [2.24, 2.45) is 0 Å². The summed E-state index contributed by atoms with van der Waals surface area (Å²) < 4.78 is 16.1. The predicted octanol–water partition coefficient (Wildman–Crippen LogP) is 5.71. The summed E-state index contributed by atoms with van der Waals surface area (Å²) in [6.45, 7) is 6.24. The predicted molar refractivity (Wildman–Crippen MR) is 171 cm³/mol. The number of nitrogens with zero attached hydrogens (tertiary/aromatic N) is 1. The summed E-state index contributed by atoms with van der Waals surface area (Å²) in [5.74, 6) is -1.94. The van der Waals surface area contributed by atoms with E-state index in [4.69, 9.17) is 5.11 Å². The normalized spacial score (nSPS) is 12.4. The van der Waals surface area contributed by atoms with Crippen LogP contribution >= 0.6 is 0 Å². The Balaban J connectivity index is 0.00000506. The van der Waals surface area contributed by atoms with Gasteiger partial charge in [-0.05, 0) is 73.2 Å². The topological polar surface area (TPSA) is 112 Å². The molecule has 224 valence electrons. The second-order valence-corrected chi connectivity index (χ2v) is 10.9. The van der Waals surface area contributed by atoms with Crippen LogP contribution in [0.2, 0.25) is 0 Å². The van der Waals surface area contributed by atoms with Gasteiger partial charge in [0.15, 0.2) is 0 Å². The molecule has 0 spiro atoms. The van der Waals surface area contributed by atoms with Gasteiger partial charge in [-0.1, -0.05) is 61.9 Å². The number of nitrogens with one attached hydrogen (secondary N) is 1. The van der Waals surface area contributed by atoms with E-state index in [1.54, 1.807) is 12.1 Å². The summed E-state index contributed by atoms with van der Waals surface area (Å²) in [6, 6.07) is 23.2. The molecule has 0 aliphatic carbocycles. The van der Waals surface area contributed by atoms with Crippen LogP contribution in [0.25, 0.3) is 22.4 Å². The molecule has 0 aliphatic rings. The zero-order valence-electron chi connectivity index (χ0n) is 24.0. The van der Waals surface area contributed by atoms with Crippen molar-refractivity contribution in [2.45, 2.75) is 64.7 Å². The Morgan fingerprint density at radius 1 is 0.884 bits per heavy atom. The van der Waals surface area contributed by atoms with E-state index in [0.717, 1.165) is 16.8 Å². The number of hydrogen-bond donors (Lipinski definition) is 4. The first kappa shape index (κ1) is 34.5. The van der Waals surface area contributed by atoms with Gasteiger partial charge in [0, 0.05) is 23.5 Å². The number of carboxylic acids is 1. The number of aliphatic hydroxyl groups excluding tert-OH is 2. The Labute approximate surface area is 281 Å². The average Bonchev–Trinajstić information content (AvgIpc) is 3.28. The number of rotatable bonds is 12. The van der Waals surface area contributed by atoms with E-state index >= 15 is 0 Å². The Morgan fingerprint density at radius 2 is 1.49 bits per heavy atom. The van der Waals surface area contributed by atoms with Crippen LogP contribution in [0, 0.1) is 12.7 Å². The number of aryl methyl sites for hydroxylation is 1. The van der Waals surface area contributed by atoms with Crippen LogP contribution in [0.3, 0.4) is 0 Å². The van der Waals surface area contributed by atoms with E-state index < -0.39 is 24.6 Å². The molecule has 0 saturated carbocycles. The molecule has 0 aliphatic heterocycles. The fourth-order valence-corrected chi connectivity index (χ4v) is 5.32. The molecule has 9 heteroatoms. The van der Waals surface area contributed by atoms with Crippen LogP contribution in [0.15, 0.2) is 78.9 Å². The number of benzene rings is 3. The van der Waals surface area contributed by atoms with Gasteiger partial charge in [0.25, 0.3) is 5.91 Å². The SMILES string of the molecule is Cc1ccc(-c2c(C(=O)Nc3ccccc3)c(C(C)C)n(CC[C@@H](O)C[C@@H](O)CC(=O)O)c2-c2ccc(F)cc2)cc1.[CaH2]. The van der Waals surface area contributed by atoms with Crippen LogP contribution in [0.4, 0.5) is 10.1 Å². The summed E-state index contributed by atoms with van der Waals surface area (Å²) in [6.07, 6.45) is -2.51. The molecule has 0 fully saturated rings. The molecular formula is C34H39CaFN2O5. The van der Waals surface area contributed by atoms with Crippen LogP contribution in [0.1, 0.15) is 60.6 Å². The average molecular weight is 615 g/mol. The molecule has 4 aromatic rings. The fourth-order valence-electron chi connectivity index (χ4n) is 5.32. The van der Waals surface area contributed by atoms with Crippen LogP contribution < -0.4 is 5.32 Å². The van der Waals surface area contributed by atoms with Gasteiger partial charge in [-0.2, -0.15) is 0 Å². The first-order chi connectivity index (χ1) is 20.0. The van der Waals surface area contributed by atoms with Crippen LogP contribution in [-0.2, 0) is 11.3 Å². The van der Waals surface area contributed by atoms with Gasteiger partial charge in [-0.25, -0.2) is 4.39 Å². The van der Waals surface area contributed by atoms with E-state index in [-0.39, 0.29) is 74.8 Å². The number of hydrogen-bond acceptors (Lipinski definition) is 4. The van der Waals surface area contributed by atoms with Crippen LogP contribution in [0.5, 0.6) is 0 Å². The van der Waals surface area contributed by atoms with E-state index in [2.05, 4.69) is 5.32 Å². The Bertz CT molecular complexity index is 1520. The molecule has 1 heterocycles. The van der Waals surface area contributed by atoms with Crippen molar-refractivity contribution >= 4 is 55.3 Å². The number of amides is 1. The maximum absolute atomic E-state index is 14.1. The fraction of sp³-hybridized carbons (Fsp3) is 0.294. The molecule has 0 unspecified atom stereocenters. The van der Waals surface area contributed by atoms with E-state index in [1.807, 2.05) is 79.9 Å². The Hall–Kier alpha value is -3.01. The molecule has 0 bridgehead atoms. The number of carbonyl (C=O) groups is 2. The number of para-hydroxylation sites is 1. The number of aliphatic carboxylic acids is 1. The zero-order chi connectivity index (χ0) is 30.4. The number of halogens is 1. The molecule has 4 N–H and O–H groups in total. The molecule has 7 nitrogen and oxygen atoms in total. The molecule has 1 aromatic heterocycles. The molecule has 43 heavy (non-hydrogen) atoms. The molecule has 3 aromatic carbocycles. The minimum absolute atomic E-state index is 0. The van der Waals surface area contributed by atoms with Gasteiger partial charge in [-0.15, -0.1) is 0 Å². The summed E-state index contributed by atoms with van der Waals surface area (Å²) in [5.41, 5.74) is 5.85. The molecular weight excluding hydrogens is 575 g/mol. The van der Waals surface area contributed by atoms with Crippen molar-refractivity contribution in [3.8, 4) is 22.4 Å². The van der Waals surface area contributed by atoms with Crippen molar-refractivity contribution in [3.05, 3.63) is 102 Å². The maximum atomic E-state index is 14.1. The van der Waals surface area contributed by atoms with Crippen molar-refractivity contribution in [1.82, 2.24) is 4.57 Å². The third-order valence-electron chi connectivity index (χ3n) is 7.21. The number of carboxylic acid groups (broad SMARTS) is 1. The molecule has 0 saturated heterocycles. The summed E-state index contributed by atoms with van der Waals surface area (Å²) in [4.78, 5) is 25.1. The molecule has 2 atom stereocenters. The number of aromatic nitrogens is 1. The van der Waals surface area contributed by atoms with E-state index in [9.17, 15) is 24.2 Å².